The van der Waals surface area contributed by atoms with E-state index < -0.39 is 23.7 Å². The number of nitrogens with one attached hydrogen (secondary N) is 2. The zero-order valence-electron chi connectivity index (χ0n) is 14.9. The Morgan fingerprint density at radius 1 is 1.48 bits per heavy atom. The minimum Gasteiger partial charge on any atom is -0.393 e. The summed E-state index contributed by atoms with van der Waals surface area (Å²) in [6, 6.07) is 4.41. The number of aromatic amines is 1. The number of anilines is 1. The number of β-lactam (4-membered cyclic amide) rings is 1. The number of hydrogen-bond donors (Lipinski definition) is 3. The minimum absolute atomic E-state index is 0.0434. The van der Waals surface area contributed by atoms with Crippen molar-refractivity contribution in [2.24, 2.45) is 5.92 Å². The Labute approximate surface area is 154 Å². The number of aliphatic hydroxyl groups is 1. The molecule has 2 aliphatic heterocycles. The van der Waals surface area contributed by atoms with Crippen LogP contribution in [0.4, 0.5) is 10.1 Å². The first-order valence-corrected chi connectivity index (χ1v) is 8.70. The SMILES string of the molecule is CC1=C(c2ccc(F)c(NC(=O)c3ncc[nH]3)c2)C[C@@H]2[C@@H]([C@@H](C)O)C(=O)N12. The van der Waals surface area contributed by atoms with Crippen LogP contribution in [0.3, 0.4) is 0 Å². The minimum atomic E-state index is -0.706. The van der Waals surface area contributed by atoms with E-state index in [0.717, 1.165) is 16.8 Å². The van der Waals surface area contributed by atoms with Gasteiger partial charge in [-0.05, 0) is 43.5 Å². The zero-order valence-corrected chi connectivity index (χ0v) is 14.9. The lowest BCUT2D eigenvalue weighted by atomic mass is 9.82. The van der Waals surface area contributed by atoms with Crippen LogP contribution >= 0.6 is 0 Å². The molecule has 27 heavy (non-hydrogen) atoms. The molecule has 1 aromatic carbocycles. The van der Waals surface area contributed by atoms with E-state index in [9.17, 15) is 19.1 Å². The van der Waals surface area contributed by atoms with Crippen molar-refractivity contribution in [2.45, 2.75) is 32.4 Å². The molecule has 0 saturated carbocycles. The highest BCUT2D eigenvalue weighted by Crippen LogP contribution is 2.46. The lowest BCUT2D eigenvalue weighted by molar-refractivity contribution is -0.157. The molecule has 0 aliphatic carbocycles. The van der Waals surface area contributed by atoms with E-state index in [1.807, 2.05) is 6.92 Å². The molecule has 3 N–H and O–H groups in total. The van der Waals surface area contributed by atoms with Gasteiger partial charge in [0.15, 0.2) is 5.82 Å². The number of carbonyl (C=O) groups excluding carboxylic acids is 2. The van der Waals surface area contributed by atoms with Crippen LogP contribution in [-0.2, 0) is 4.79 Å². The second kappa shape index (κ2) is 6.31. The number of rotatable bonds is 4. The monoisotopic (exact) mass is 370 g/mol. The molecule has 7 nitrogen and oxygen atoms in total. The molecule has 140 valence electrons. The first kappa shape index (κ1) is 17.4. The first-order chi connectivity index (χ1) is 12.9. The van der Waals surface area contributed by atoms with Crippen LogP contribution in [0.2, 0.25) is 0 Å². The quantitative estimate of drug-likeness (QED) is 0.718. The summed E-state index contributed by atoms with van der Waals surface area (Å²) in [5.74, 6) is -1.50. The van der Waals surface area contributed by atoms with Crippen LogP contribution in [-0.4, -0.2) is 43.9 Å². The highest BCUT2D eigenvalue weighted by Gasteiger charge is 2.54. The van der Waals surface area contributed by atoms with Gasteiger partial charge in [0.2, 0.25) is 5.91 Å². The number of aromatic nitrogens is 2. The summed E-state index contributed by atoms with van der Waals surface area (Å²) in [6.45, 7) is 3.46. The molecule has 3 heterocycles. The number of carbonyl (C=O) groups is 2. The molecular weight excluding hydrogens is 351 g/mol. The molecule has 2 aromatic rings. The first-order valence-electron chi connectivity index (χ1n) is 8.70. The van der Waals surface area contributed by atoms with Gasteiger partial charge in [0.1, 0.15) is 5.82 Å². The van der Waals surface area contributed by atoms with Gasteiger partial charge in [-0.15, -0.1) is 0 Å². The molecular formula is C19H19FN4O3. The summed E-state index contributed by atoms with van der Waals surface area (Å²) >= 11 is 0. The fraction of sp³-hybridized carbons (Fsp3) is 0.316. The second-order valence-corrected chi connectivity index (χ2v) is 6.90. The molecule has 4 rings (SSSR count). The van der Waals surface area contributed by atoms with E-state index in [1.165, 1.54) is 18.5 Å². The maximum atomic E-state index is 14.2. The number of aliphatic hydroxyl groups excluding tert-OH is 1. The van der Waals surface area contributed by atoms with Crippen molar-refractivity contribution in [3.05, 3.63) is 53.5 Å². The summed E-state index contributed by atoms with van der Waals surface area (Å²) in [5.41, 5.74) is 2.49. The van der Waals surface area contributed by atoms with Crippen molar-refractivity contribution < 1.29 is 19.1 Å². The van der Waals surface area contributed by atoms with Gasteiger partial charge in [-0.3, -0.25) is 9.59 Å². The van der Waals surface area contributed by atoms with Gasteiger partial charge < -0.3 is 20.3 Å². The highest BCUT2D eigenvalue weighted by atomic mass is 19.1. The summed E-state index contributed by atoms with van der Waals surface area (Å²) in [7, 11) is 0. The van der Waals surface area contributed by atoms with Crippen molar-refractivity contribution >= 4 is 23.1 Å². The summed E-state index contributed by atoms with van der Waals surface area (Å²) in [5, 5.41) is 12.3. The van der Waals surface area contributed by atoms with E-state index in [1.54, 1.807) is 24.0 Å². The van der Waals surface area contributed by atoms with Crippen LogP contribution in [0, 0.1) is 11.7 Å². The Morgan fingerprint density at radius 3 is 2.93 bits per heavy atom. The number of imidazole rings is 1. The Bertz CT molecular complexity index is 952. The van der Waals surface area contributed by atoms with Crippen molar-refractivity contribution in [1.29, 1.82) is 0 Å². The summed E-state index contributed by atoms with van der Waals surface area (Å²) in [6.07, 6.45) is 2.83. The zero-order chi connectivity index (χ0) is 19.3. The van der Waals surface area contributed by atoms with E-state index >= 15 is 0 Å². The summed E-state index contributed by atoms with van der Waals surface area (Å²) in [4.78, 5) is 32.6. The van der Waals surface area contributed by atoms with E-state index in [2.05, 4.69) is 15.3 Å². The van der Waals surface area contributed by atoms with Crippen LogP contribution in [0.15, 0.2) is 36.3 Å². The number of nitrogens with zero attached hydrogens (tertiary/aromatic N) is 2. The fourth-order valence-corrected chi connectivity index (χ4v) is 3.94. The Kier molecular flexibility index (Phi) is 4.07. The van der Waals surface area contributed by atoms with Gasteiger partial charge in [0.05, 0.1) is 23.8 Å². The van der Waals surface area contributed by atoms with Crippen LogP contribution in [0.25, 0.3) is 5.57 Å². The molecule has 0 unspecified atom stereocenters. The summed E-state index contributed by atoms with van der Waals surface area (Å²) < 4.78 is 14.2. The molecule has 1 saturated heterocycles. The number of hydrogen-bond acceptors (Lipinski definition) is 4. The standard InChI is InChI=1S/C19H19FN4O3/c1-9-12(8-15-16(10(2)25)19(27)24(9)15)11-3-4-13(20)14(7-11)23-18(26)17-21-5-6-22-17/h3-7,10,15-16,25H,8H2,1-2H3,(H,21,22)(H,23,26)/t10-,15-,16-/m1/s1. The molecule has 8 heteroatoms. The van der Waals surface area contributed by atoms with Crippen LogP contribution in [0.1, 0.15) is 36.5 Å². The Morgan fingerprint density at radius 2 is 2.26 bits per heavy atom. The second-order valence-electron chi connectivity index (χ2n) is 6.90. The van der Waals surface area contributed by atoms with Gasteiger partial charge in [0.25, 0.3) is 5.91 Å². The number of H-pyrrole nitrogens is 1. The fourth-order valence-electron chi connectivity index (χ4n) is 3.94. The third-order valence-electron chi connectivity index (χ3n) is 5.28. The lowest BCUT2D eigenvalue weighted by Gasteiger charge is -2.45. The van der Waals surface area contributed by atoms with E-state index in [0.29, 0.717) is 6.42 Å². The third-order valence-corrected chi connectivity index (χ3v) is 5.28. The van der Waals surface area contributed by atoms with Crippen molar-refractivity contribution in [3.63, 3.8) is 0 Å². The molecule has 0 spiro atoms. The van der Waals surface area contributed by atoms with E-state index in [-0.39, 0.29) is 23.5 Å². The number of fused-ring (bicyclic) bond motifs is 1. The average molecular weight is 370 g/mol. The number of halogens is 1. The van der Waals surface area contributed by atoms with Gasteiger partial charge in [0, 0.05) is 18.1 Å². The smallest absolute Gasteiger partial charge is 0.291 e. The molecule has 1 fully saturated rings. The largest absolute Gasteiger partial charge is 0.393 e. The van der Waals surface area contributed by atoms with E-state index in [4.69, 9.17) is 0 Å². The third kappa shape index (κ3) is 2.73. The van der Waals surface area contributed by atoms with Gasteiger partial charge in [-0.1, -0.05) is 6.07 Å². The molecule has 2 aliphatic rings. The molecule has 2 amide bonds. The highest BCUT2D eigenvalue weighted by molar-refractivity contribution is 6.02. The predicted molar refractivity (Wildman–Crippen MR) is 96.0 cm³/mol. The van der Waals surface area contributed by atoms with Gasteiger partial charge in [-0.25, -0.2) is 9.37 Å². The van der Waals surface area contributed by atoms with Gasteiger partial charge >= 0.3 is 0 Å². The van der Waals surface area contributed by atoms with Crippen molar-refractivity contribution in [3.8, 4) is 0 Å². The van der Waals surface area contributed by atoms with Crippen LogP contribution in [0.5, 0.6) is 0 Å². The molecule has 1 aromatic heterocycles. The topological polar surface area (TPSA) is 98.3 Å². The van der Waals surface area contributed by atoms with Gasteiger partial charge in [-0.2, -0.15) is 0 Å². The molecule has 3 atom stereocenters. The Balaban J connectivity index is 1.61. The number of benzene rings is 1. The molecule has 0 bridgehead atoms. The maximum Gasteiger partial charge on any atom is 0.291 e. The number of allylic oxidation sites excluding steroid dienone is 1. The normalized spacial score (nSPS) is 22.5. The van der Waals surface area contributed by atoms with Crippen molar-refractivity contribution in [1.82, 2.24) is 14.9 Å². The van der Waals surface area contributed by atoms with Crippen LogP contribution < -0.4 is 5.32 Å². The predicted octanol–water partition coefficient (Wildman–Crippen LogP) is 2.14. The average Bonchev–Trinajstić information content (AvgIpc) is 3.23. The maximum absolute atomic E-state index is 14.2. The Hall–Kier alpha value is -3.00. The van der Waals surface area contributed by atoms with Crippen molar-refractivity contribution in [2.75, 3.05) is 5.32 Å². The molecule has 0 radical (unpaired) electrons. The lowest BCUT2D eigenvalue weighted by Crippen LogP contribution is -2.60. The number of amides is 2.